The number of piperidine rings is 2. The molecule has 0 aromatic heterocycles. The molecule has 0 bridgehead atoms. The topological polar surface area (TPSA) is 60.9 Å². The molecule has 0 saturated carbocycles. The van der Waals surface area contributed by atoms with Crippen molar-refractivity contribution in [2.75, 3.05) is 26.7 Å². The molecule has 1 aromatic rings. The van der Waals surface area contributed by atoms with Gasteiger partial charge in [-0.2, -0.15) is 0 Å². The van der Waals surface area contributed by atoms with Crippen LogP contribution in [0.1, 0.15) is 41.6 Å². The summed E-state index contributed by atoms with van der Waals surface area (Å²) < 4.78 is 0. The minimum absolute atomic E-state index is 0.00700. The average Bonchev–Trinajstić information content (AvgIpc) is 2.59. The molecule has 2 saturated heterocycles. The highest BCUT2D eigenvalue weighted by Gasteiger charge is 2.40. The lowest BCUT2D eigenvalue weighted by Crippen LogP contribution is -2.51. The van der Waals surface area contributed by atoms with Crippen LogP contribution in [-0.2, 0) is 11.4 Å². The number of aliphatic hydroxyl groups excluding tert-OH is 1. The molecular formula is C18H24N2O3. The van der Waals surface area contributed by atoms with Gasteiger partial charge in [-0.05, 0) is 42.4 Å². The Morgan fingerprint density at radius 1 is 1.17 bits per heavy atom. The van der Waals surface area contributed by atoms with Gasteiger partial charge in [-0.3, -0.25) is 9.59 Å². The van der Waals surface area contributed by atoms with Crippen molar-refractivity contribution in [1.82, 2.24) is 9.80 Å². The van der Waals surface area contributed by atoms with Gasteiger partial charge in [0.05, 0.1) is 6.61 Å². The van der Waals surface area contributed by atoms with Crippen LogP contribution < -0.4 is 0 Å². The van der Waals surface area contributed by atoms with Crippen LogP contribution in [0.2, 0.25) is 0 Å². The van der Waals surface area contributed by atoms with Crippen molar-refractivity contribution in [1.29, 1.82) is 0 Å². The molecule has 5 nitrogen and oxygen atoms in total. The number of rotatable bonds is 2. The fraction of sp³-hybridized carbons (Fsp3) is 0.556. The summed E-state index contributed by atoms with van der Waals surface area (Å²) in [5, 5.41) is 9.07. The molecule has 2 aliphatic heterocycles. The molecule has 124 valence electrons. The second kappa shape index (κ2) is 6.32. The van der Waals surface area contributed by atoms with Gasteiger partial charge in [0, 0.05) is 38.7 Å². The molecule has 2 fully saturated rings. The maximum atomic E-state index is 12.6. The number of hydrogen-bond acceptors (Lipinski definition) is 3. The van der Waals surface area contributed by atoms with E-state index < -0.39 is 0 Å². The molecule has 23 heavy (non-hydrogen) atoms. The first-order valence-electron chi connectivity index (χ1n) is 8.26. The molecule has 1 aromatic carbocycles. The van der Waals surface area contributed by atoms with Crippen LogP contribution in [0.15, 0.2) is 24.3 Å². The number of carbonyl (C=O) groups excluding carboxylic acids is 2. The van der Waals surface area contributed by atoms with Gasteiger partial charge in [-0.1, -0.05) is 12.1 Å². The molecule has 0 radical (unpaired) electrons. The smallest absolute Gasteiger partial charge is 0.253 e. The molecular weight excluding hydrogens is 292 g/mol. The predicted octanol–water partition coefficient (Wildman–Crippen LogP) is 1.65. The third-order valence-electron chi connectivity index (χ3n) is 5.36. The highest BCUT2D eigenvalue weighted by molar-refractivity contribution is 5.94. The van der Waals surface area contributed by atoms with Crippen molar-refractivity contribution in [3.8, 4) is 0 Å². The van der Waals surface area contributed by atoms with Crippen molar-refractivity contribution in [3.63, 3.8) is 0 Å². The Hall–Kier alpha value is -1.88. The molecule has 1 spiro atoms. The number of likely N-dealkylation sites (tertiary alicyclic amines) is 2. The maximum absolute atomic E-state index is 12.6. The van der Waals surface area contributed by atoms with Crippen LogP contribution >= 0.6 is 0 Å². The minimum atomic E-state index is -0.00700. The second-order valence-electron chi connectivity index (χ2n) is 6.90. The van der Waals surface area contributed by atoms with Crippen molar-refractivity contribution in [2.24, 2.45) is 5.41 Å². The number of amides is 2. The Balaban J connectivity index is 1.62. The van der Waals surface area contributed by atoms with Gasteiger partial charge in [0.25, 0.3) is 5.91 Å². The zero-order valence-corrected chi connectivity index (χ0v) is 13.6. The van der Waals surface area contributed by atoms with E-state index in [1.54, 1.807) is 24.3 Å². The predicted molar refractivity (Wildman–Crippen MR) is 86.8 cm³/mol. The largest absolute Gasteiger partial charge is 0.392 e. The van der Waals surface area contributed by atoms with E-state index in [1.807, 2.05) is 16.8 Å². The Bertz CT molecular complexity index is 589. The van der Waals surface area contributed by atoms with E-state index in [-0.39, 0.29) is 23.8 Å². The summed E-state index contributed by atoms with van der Waals surface area (Å²) in [6, 6.07) is 7.15. The van der Waals surface area contributed by atoms with E-state index in [1.165, 1.54) is 0 Å². The quantitative estimate of drug-likeness (QED) is 0.902. The van der Waals surface area contributed by atoms with Gasteiger partial charge in [-0.15, -0.1) is 0 Å². The Kier molecular flexibility index (Phi) is 4.39. The van der Waals surface area contributed by atoms with Crippen LogP contribution in [0.5, 0.6) is 0 Å². The maximum Gasteiger partial charge on any atom is 0.253 e. The first kappa shape index (κ1) is 16.0. The van der Waals surface area contributed by atoms with E-state index in [2.05, 4.69) is 0 Å². The minimum Gasteiger partial charge on any atom is -0.392 e. The Morgan fingerprint density at radius 2 is 1.83 bits per heavy atom. The molecule has 1 N–H and O–H groups in total. The normalized spacial score (nSPS) is 20.9. The summed E-state index contributed by atoms with van der Waals surface area (Å²) >= 11 is 0. The fourth-order valence-corrected chi connectivity index (χ4v) is 3.76. The first-order valence-corrected chi connectivity index (χ1v) is 8.26. The van der Waals surface area contributed by atoms with Crippen molar-refractivity contribution < 1.29 is 14.7 Å². The molecule has 2 heterocycles. The highest BCUT2D eigenvalue weighted by atomic mass is 16.3. The van der Waals surface area contributed by atoms with Crippen LogP contribution in [0.4, 0.5) is 0 Å². The first-order chi connectivity index (χ1) is 11.0. The van der Waals surface area contributed by atoms with Crippen LogP contribution in [0.3, 0.4) is 0 Å². The second-order valence-corrected chi connectivity index (χ2v) is 6.90. The van der Waals surface area contributed by atoms with E-state index in [0.29, 0.717) is 12.0 Å². The van der Waals surface area contributed by atoms with Gasteiger partial charge in [-0.25, -0.2) is 0 Å². The van der Waals surface area contributed by atoms with Crippen molar-refractivity contribution in [2.45, 2.75) is 32.3 Å². The lowest BCUT2D eigenvalue weighted by Gasteiger charge is -2.46. The lowest BCUT2D eigenvalue weighted by atomic mass is 9.72. The van der Waals surface area contributed by atoms with E-state index in [9.17, 15) is 9.59 Å². The molecule has 3 rings (SSSR count). The number of benzene rings is 1. The zero-order chi connectivity index (χ0) is 16.4. The SMILES string of the molecule is CN1CC2(CCC1=O)CCN(C(=O)c1ccc(CO)cc1)CC2. The average molecular weight is 316 g/mol. The molecule has 0 atom stereocenters. The number of hydrogen-bond donors (Lipinski definition) is 1. The third-order valence-corrected chi connectivity index (χ3v) is 5.36. The monoisotopic (exact) mass is 316 g/mol. The van der Waals surface area contributed by atoms with Crippen LogP contribution in [-0.4, -0.2) is 53.4 Å². The summed E-state index contributed by atoms with van der Waals surface area (Å²) in [4.78, 5) is 28.0. The fourth-order valence-electron chi connectivity index (χ4n) is 3.76. The molecule has 2 amide bonds. The lowest BCUT2D eigenvalue weighted by molar-refractivity contribution is -0.137. The Morgan fingerprint density at radius 3 is 2.39 bits per heavy atom. The van der Waals surface area contributed by atoms with Gasteiger partial charge in [0.1, 0.15) is 0 Å². The zero-order valence-electron chi connectivity index (χ0n) is 13.6. The number of aliphatic hydroxyl groups is 1. The summed E-state index contributed by atoms with van der Waals surface area (Å²) in [5.41, 5.74) is 1.68. The van der Waals surface area contributed by atoms with Gasteiger partial charge >= 0.3 is 0 Å². The van der Waals surface area contributed by atoms with Gasteiger partial charge in [0.15, 0.2) is 0 Å². The third kappa shape index (κ3) is 3.24. The molecule has 0 aliphatic carbocycles. The summed E-state index contributed by atoms with van der Waals surface area (Å²) in [7, 11) is 1.88. The summed E-state index contributed by atoms with van der Waals surface area (Å²) in [6.45, 7) is 2.32. The van der Waals surface area contributed by atoms with Crippen molar-refractivity contribution in [3.05, 3.63) is 35.4 Å². The van der Waals surface area contributed by atoms with Gasteiger partial charge < -0.3 is 14.9 Å². The van der Waals surface area contributed by atoms with Crippen LogP contribution in [0, 0.1) is 5.41 Å². The molecule has 0 unspecified atom stereocenters. The van der Waals surface area contributed by atoms with Crippen molar-refractivity contribution >= 4 is 11.8 Å². The molecule has 2 aliphatic rings. The van der Waals surface area contributed by atoms with Gasteiger partial charge in [0.2, 0.25) is 5.91 Å². The Labute approximate surface area is 136 Å². The number of nitrogens with zero attached hydrogens (tertiary/aromatic N) is 2. The van der Waals surface area contributed by atoms with Crippen LogP contribution in [0.25, 0.3) is 0 Å². The van der Waals surface area contributed by atoms with E-state index in [4.69, 9.17) is 5.11 Å². The highest BCUT2D eigenvalue weighted by Crippen LogP contribution is 2.40. The van der Waals surface area contributed by atoms with E-state index >= 15 is 0 Å². The summed E-state index contributed by atoms with van der Waals surface area (Å²) in [5.74, 6) is 0.294. The number of carbonyl (C=O) groups is 2. The molecule has 5 heteroatoms. The standard InChI is InChI=1S/C18H24N2O3/c1-19-13-18(7-6-16(19)22)8-10-20(11-9-18)17(23)15-4-2-14(12-21)3-5-15/h2-5,21H,6-13H2,1H3. The van der Waals surface area contributed by atoms with E-state index in [0.717, 1.165) is 44.5 Å². The summed E-state index contributed by atoms with van der Waals surface area (Å²) in [6.07, 6.45) is 3.51.